The van der Waals surface area contributed by atoms with Crippen LogP contribution >= 0.6 is 0 Å². The van der Waals surface area contributed by atoms with E-state index in [1.807, 2.05) is 6.92 Å². The second-order valence-electron chi connectivity index (χ2n) is 1.61. The Hall–Kier alpha value is -1.26. The topological polar surface area (TPSA) is 67.2 Å². The molecule has 0 saturated heterocycles. The van der Waals surface area contributed by atoms with Gasteiger partial charge in [-0.2, -0.15) is 0 Å². The van der Waals surface area contributed by atoms with E-state index < -0.39 is 4.92 Å². The molecule has 0 heterocycles. The second-order valence-corrected chi connectivity index (χ2v) is 1.61. The third-order valence-electron chi connectivity index (χ3n) is 0.871. The molecule has 10 heavy (non-hydrogen) atoms. The average molecular weight is 145 g/mol. The molecule has 0 aromatic heterocycles. The molecule has 0 aliphatic carbocycles. The van der Waals surface area contributed by atoms with Crippen molar-refractivity contribution in [2.24, 2.45) is 0 Å². The molecule has 5 heteroatoms. The average Bonchev–Trinajstić information content (AvgIpc) is 1.86. The van der Waals surface area contributed by atoms with Crippen molar-refractivity contribution >= 4 is 0 Å². The lowest BCUT2D eigenvalue weighted by atomic mass is 10.6. The molecule has 0 aromatic rings. The Morgan fingerprint density at radius 2 is 2.40 bits per heavy atom. The summed E-state index contributed by atoms with van der Waals surface area (Å²) in [5, 5.41) is 15.3. The molecule has 0 amide bonds. The minimum Gasteiger partial charge on any atom is -0.370 e. The van der Waals surface area contributed by atoms with Gasteiger partial charge >= 0.3 is 0 Å². The molecule has 0 aromatic carbocycles. The van der Waals surface area contributed by atoms with Crippen LogP contribution in [0.25, 0.3) is 0 Å². The third kappa shape index (κ3) is 3.71. The predicted octanol–water partition coefficient (Wildman–Crippen LogP) is -0.109. The minimum absolute atomic E-state index is 0.424. The van der Waals surface area contributed by atoms with Crippen molar-refractivity contribution in [1.29, 1.82) is 0 Å². The van der Waals surface area contributed by atoms with Crippen molar-refractivity contribution in [3.63, 3.8) is 0 Å². The molecule has 0 radical (unpaired) electrons. The highest BCUT2D eigenvalue weighted by Gasteiger charge is 1.95. The summed E-state index contributed by atoms with van der Waals surface area (Å²) in [4.78, 5) is 9.39. The molecule has 0 unspecified atom stereocenters. The van der Waals surface area contributed by atoms with Gasteiger partial charge in [-0.3, -0.25) is 10.1 Å². The van der Waals surface area contributed by atoms with Gasteiger partial charge in [0.1, 0.15) is 0 Å². The van der Waals surface area contributed by atoms with Crippen molar-refractivity contribution in [2.45, 2.75) is 6.92 Å². The summed E-state index contributed by atoms with van der Waals surface area (Å²) in [5.74, 6) is 0.424. The van der Waals surface area contributed by atoms with Crippen molar-refractivity contribution in [1.82, 2.24) is 10.6 Å². The quantitative estimate of drug-likeness (QED) is 0.428. The van der Waals surface area contributed by atoms with Gasteiger partial charge in [0.2, 0.25) is 0 Å². The highest BCUT2D eigenvalue weighted by molar-refractivity contribution is 4.89. The van der Waals surface area contributed by atoms with Crippen LogP contribution in [0.4, 0.5) is 0 Å². The molecule has 2 N–H and O–H groups in total. The number of nitro groups is 1. The van der Waals surface area contributed by atoms with E-state index in [4.69, 9.17) is 0 Å². The molecule has 58 valence electrons. The van der Waals surface area contributed by atoms with E-state index in [-0.39, 0.29) is 0 Å². The van der Waals surface area contributed by atoms with Crippen molar-refractivity contribution < 1.29 is 4.92 Å². The predicted molar refractivity (Wildman–Crippen MR) is 37.8 cm³/mol. The number of nitrogens with zero attached hydrogens (tertiary/aromatic N) is 1. The number of nitrogens with one attached hydrogen (secondary N) is 2. The van der Waals surface area contributed by atoms with E-state index in [0.717, 1.165) is 6.20 Å². The molecule has 0 aliphatic heterocycles. The molecule has 5 nitrogen and oxygen atoms in total. The SMILES string of the molecule is CCNC(=C[N+](=O)[O-])NC. The van der Waals surface area contributed by atoms with E-state index in [9.17, 15) is 10.1 Å². The van der Waals surface area contributed by atoms with Gasteiger partial charge in [0, 0.05) is 13.6 Å². The van der Waals surface area contributed by atoms with E-state index in [0.29, 0.717) is 12.4 Å². The fourth-order valence-corrected chi connectivity index (χ4v) is 0.494. The first kappa shape index (κ1) is 8.74. The highest BCUT2D eigenvalue weighted by Crippen LogP contribution is 1.80. The number of rotatable bonds is 4. The molecule has 0 spiro atoms. The fraction of sp³-hybridized carbons (Fsp3) is 0.600. The largest absolute Gasteiger partial charge is 0.370 e. The van der Waals surface area contributed by atoms with E-state index in [1.54, 1.807) is 7.05 Å². The zero-order chi connectivity index (χ0) is 7.98. The van der Waals surface area contributed by atoms with E-state index >= 15 is 0 Å². The first-order valence-electron chi connectivity index (χ1n) is 2.97. The maximum atomic E-state index is 9.89. The Morgan fingerprint density at radius 3 is 2.70 bits per heavy atom. The first-order chi connectivity index (χ1) is 4.70. The van der Waals surface area contributed by atoms with Crippen LogP contribution < -0.4 is 10.6 Å². The standard InChI is InChI=1S/C5H11N3O2/c1-3-7-5(6-2)4-8(9)10/h4,6-7H,3H2,1-2H3. The summed E-state index contributed by atoms with van der Waals surface area (Å²) in [7, 11) is 1.62. The van der Waals surface area contributed by atoms with Crippen LogP contribution in [0.2, 0.25) is 0 Å². The van der Waals surface area contributed by atoms with Gasteiger partial charge in [-0.25, -0.2) is 0 Å². The van der Waals surface area contributed by atoms with Crippen LogP contribution in [0.5, 0.6) is 0 Å². The maximum Gasteiger partial charge on any atom is 0.274 e. The van der Waals surface area contributed by atoms with Crippen LogP contribution in [0.15, 0.2) is 12.0 Å². The van der Waals surface area contributed by atoms with Gasteiger partial charge in [-0.1, -0.05) is 0 Å². The Morgan fingerprint density at radius 1 is 1.80 bits per heavy atom. The van der Waals surface area contributed by atoms with Gasteiger partial charge < -0.3 is 10.6 Å². The van der Waals surface area contributed by atoms with Gasteiger partial charge in [-0.15, -0.1) is 0 Å². The molecule has 0 bridgehead atoms. The van der Waals surface area contributed by atoms with Crippen molar-refractivity contribution in [3.05, 3.63) is 22.1 Å². The van der Waals surface area contributed by atoms with Crippen molar-refractivity contribution in [2.75, 3.05) is 13.6 Å². The van der Waals surface area contributed by atoms with E-state index in [2.05, 4.69) is 10.6 Å². The Kier molecular flexibility index (Phi) is 4.02. The van der Waals surface area contributed by atoms with Gasteiger partial charge in [0.25, 0.3) is 6.20 Å². The second kappa shape index (κ2) is 4.60. The van der Waals surface area contributed by atoms with Crippen molar-refractivity contribution in [3.8, 4) is 0 Å². The van der Waals surface area contributed by atoms with Crippen LogP contribution in [-0.2, 0) is 0 Å². The minimum atomic E-state index is -0.505. The fourth-order valence-electron chi connectivity index (χ4n) is 0.494. The Bertz CT molecular complexity index is 144. The van der Waals surface area contributed by atoms with Crippen LogP contribution in [0, 0.1) is 10.1 Å². The zero-order valence-electron chi connectivity index (χ0n) is 6.05. The van der Waals surface area contributed by atoms with Crippen LogP contribution in [-0.4, -0.2) is 18.5 Å². The first-order valence-corrected chi connectivity index (χ1v) is 2.97. The lowest BCUT2D eigenvalue weighted by Crippen LogP contribution is -2.23. The Balaban J connectivity index is 3.91. The Labute approximate surface area is 59.3 Å². The lowest BCUT2D eigenvalue weighted by molar-refractivity contribution is -0.404. The normalized spacial score (nSPS) is 10.8. The summed E-state index contributed by atoms with van der Waals surface area (Å²) >= 11 is 0. The summed E-state index contributed by atoms with van der Waals surface area (Å²) < 4.78 is 0. The smallest absolute Gasteiger partial charge is 0.274 e. The summed E-state index contributed by atoms with van der Waals surface area (Å²) in [5.41, 5.74) is 0. The van der Waals surface area contributed by atoms with Crippen LogP contribution in [0.3, 0.4) is 0 Å². The lowest BCUT2D eigenvalue weighted by Gasteiger charge is -2.02. The molecule has 0 saturated carbocycles. The summed E-state index contributed by atoms with van der Waals surface area (Å²) in [6, 6.07) is 0. The summed E-state index contributed by atoms with van der Waals surface area (Å²) in [6.07, 6.45) is 0.892. The molecule has 0 rings (SSSR count). The third-order valence-corrected chi connectivity index (χ3v) is 0.871. The van der Waals surface area contributed by atoms with Gasteiger partial charge in [0.05, 0.1) is 4.92 Å². The monoisotopic (exact) mass is 145 g/mol. The molecular weight excluding hydrogens is 134 g/mol. The van der Waals surface area contributed by atoms with Gasteiger partial charge in [0.15, 0.2) is 5.82 Å². The molecular formula is C5H11N3O2. The number of hydrogen-bond donors (Lipinski definition) is 2. The maximum absolute atomic E-state index is 9.89. The number of hydrogen-bond acceptors (Lipinski definition) is 4. The summed E-state index contributed by atoms with van der Waals surface area (Å²) in [6.45, 7) is 2.53. The molecule has 0 fully saturated rings. The highest BCUT2D eigenvalue weighted by atomic mass is 16.6. The zero-order valence-corrected chi connectivity index (χ0v) is 6.05. The van der Waals surface area contributed by atoms with Crippen LogP contribution in [0.1, 0.15) is 6.92 Å². The molecule has 0 atom stereocenters. The molecule has 0 aliphatic rings. The van der Waals surface area contributed by atoms with Gasteiger partial charge in [-0.05, 0) is 6.92 Å². The van der Waals surface area contributed by atoms with E-state index in [1.165, 1.54) is 0 Å².